The lowest BCUT2D eigenvalue weighted by molar-refractivity contribution is -0.166. The zero-order valence-electron chi connectivity index (χ0n) is 19.7. The molecule has 2 aromatic carbocycles. The first-order valence-corrected chi connectivity index (χ1v) is 12.2. The maximum Gasteiger partial charge on any atom is 0.238 e. The van der Waals surface area contributed by atoms with Gasteiger partial charge in [-0.15, -0.1) is 0 Å². The fourth-order valence-corrected chi connectivity index (χ4v) is 7.70. The smallest absolute Gasteiger partial charge is 0.238 e. The average molecular weight is 485 g/mol. The van der Waals surface area contributed by atoms with Crippen LogP contribution in [0.25, 0.3) is 0 Å². The predicted octanol–water partition coefficient (Wildman–Crippen LogP) is 2.68. The molecule has 2 saturated carbocycles. The zero-order chi connectivity index (χ0) is 24.9. The second-order valence-electron chi connectivity index (χ2n) is 10.2. The number of ether oxygens (including phenoxy) is 2. The number of hydrogen-bond acceptors (Lipinski definition) is 6. The standard InChI is InChI=1S/C28H24N2O6/c1-35-17-9-5-3-7-15(17)29-25(31)21-13-11-12-14(22(21)26(29)32)20-19(13)23-24(20)28(34)30(27(23)33)16-8-4-6-10-18(16)36-2/h3-14,19-24H,1-2H3/t13-,14+,19-,20-,21+,22-,23-,24-/m0/s1. The summed E-state index contributed by atoms with van der Waals surface area (Å²) in [5.41, 5.74) is 0.877. The van der Waals surface area contributed by atoms with Crippen LogP contribution >= 0.6 is 0 Å². The highest BCUT2D eigenvalue weighted by atomic mass is 16.5. The number of benzene rings is 2. The molecule has 2 bridgehead atoms. The number of allylic oxidation sites excluding steroid dienone is 2. The minimum atomic E-state index is -0.539. The van der Waals surface area contributed by atoms with Crippen molar-refractivity contribution in [3.8, 4) is 11.5 Å². The van der Waals surface area contributed by atoms with E-state index in [0.29, 0.717) is 22.9 Å². The van der Waals surface area contributed by atoms with Crippen molar-refractivity contribution in [2.45, 2.75) is 0 Å². The van der Waals surface area contributed by atoms with Gasteiger partial charge >= 0.3 is 0 Å². The van der Waals surface area contributed by atoms with E-state index in [0.717, 1.165) is 0 Å². The Morgan fingerprint density at radius 1 is 0.556 bits per heavy atom. The number of rotatable bonds is 4. The van der Waals surface area contributed by atoms with Crippen molar-refractivity contribution in [2.75, 3.05) is 24.0 Å². The Labute approximate surface area is 207 Å². The van der Waals surface area contributed by atoms with Crippen molar-refractivity contribution in [3.05, 3.63) is 60.7 Å². The summed E-state index contributed by atoms with van der Waals surface area (Å²) in [6, 6.07) is 14.0. The summed E-state index contributed by atoms with van der Waals surface area (Å²) in [5.74, 6) is -2.97. The summed E-state index contributed by atoms with van der Waals surface area (Å²) >= 11 is 0. The van der Waals surface area contributed by atoms with Gasteiger partial charge in [0.1, 0.15) is 11.5 Å². The number of methoxy groups -OCH3 is 2. The molecule has 2 saturated heterocycles. The van der Waals surface area contributed by atoms with Crippen LogP contribution in [0.2, 0.25) is 0 Å². The lowest BCUT2D eigenvalue weighted by atomic mass is 9.40. The van der Waals surface area contributed by atoms with Gasteiger partial charge in [-0.2, -0.15) is 0 Å². The summed E-state index contributed by atoms with van der Waals surface area (Å²) in [4.78, 5) is 57.2. The first-order chi connectivity index (χ1) is 17.5. The van der Waals surface area contributed by atoms with E-state index in [2.05, 4.69) is 0 Å². The summed E-state index contributed by atoms with van der Waals surface area (Å²) in [6.07, 6.45) is 4.01. The summed E-state index contributed by atoms with van der Waals surface area (Å²) < 4.78 is 10.8. The molecule has 2 aliphatic heterocycles. The summed E-state index contributed by atoms with van der Waals surface area (Å²) in [5, 5.41) is 0. The largest absolute Gasteiger partial charge is 0.495 e. The number of carbonyl (C=O) groups excluding carboxylic acids is 4. The van der Waals surface area contributed by atoms with Crippen LogP contribution in [0.15, 0.2) is 60.7 Å². The molecule has 4 fully saturated rings. The van der Waals surface area contributed by atoms with Gasteiger partial charge in [0.15, 0.2) is 0 Å². The first kappa shape index (κ1) is 21.4. The van der Waals surface area contributed by atoms with Crippen molar-refractivity contribution >= 4 is 35.0 Å². The number of amides is 4. The fourth-order valence-electron chi connectivity index (χ4n) is 7.70. The SMILES string of the molecule is COc1ccccc1N1C(=O)[C@@H]2[C@@H](C1=O)[C@H]1[C@H]3C=C[C@H]([C@H]4C(=O)N(c5ccccc5OC)C(=O)[C@@H]34)[C@H]21. The molecule has 8 rings (SSSR count). The molecule has 4 amide bonds. The van der Waals surface area contributed by atoms with Crippen molar-refractivity contribution in [2.24, 2.45) is 47.3 Å². The van der Waals surface area contributed by atoms with Gasteiger partial charge in [-0.05, 0) is 47.9 Å². The minimum absolute atomic E-state index is 0.142. The van der Waals surface area contributed by atoms with Crippen LogP contribution in [-0.2, 0) is 19.2 Å². The zero-order valence-corrected chi connectivity index (χ0v) is 19.7. The average Bonchev–Trinajstić information content (AvgIpc) is 3.27. The molecule has 0 unspecified atom stereocenters. The second-order valence-corrected chi connectivity index (χ2v) is 10.2. The maximum atomic E-state index is 13.7. The van der Waals surface area contributed by atoms with Crippen molar-refractivity contribution in [1.29, 1.82) is 0 Å². The van der Waals surface area contributed by atoms with Crippen molar-refractivity contribution < 1.29 is 28.7 Å². The number of carbonyl (C=O) groups is 4. The molecule has 0 radical (unpaired) electrons. The van der Waals surface area contributed by atoms with Crippen LogP contribution in [0, 0.1) is 47.3 Å². The summed E-state index contributed by atoms with van der Waals surface area (Å²) in [7, 11) is 3.02. The van der Waals surface area contributed by atoms with E-state index in [1.165, 1.54) is 24.0 Å². The lowest BCUT2D eigenvalue weighted by Gasteiger charge is -2.60. The molecule has 182 valence electrons. The van der Waals surface area contributed by atoms with Gasteiger partial charge in [0, 0.05) is 0 Å². The maximum absolute atomic E-state index is 13.7. The number of hydrogen-bond donors (Lipinski definition) is 0. The molecule has 2 heterocycles. The molecule has 8 heteroatoms. The minimum Gasteiger partial charge on any atom is -0.495 e. The van der Waals surface area contributed by atoms with E-state index in [-0.39, 0.29) is 47.3 Å². The third kappa shape index (κ3) is 2.39. The monoisotopic (exact) mass is 484 g/mol. The van der Waals surface area contributed by atoms with Gasteiger partial charge in [0.05, 0.1) is 49.3 Å². The van der Waals surface area contributed by atoms with E-state index in [1.807, 2.05) is 12.2 Å². The number of nitrogens with zero attached hydrogens (tertiary/aromatic N) is 2. The molecule has 0 N–H and O–H groups in total. The second kappa shape index (κ2) is 7.29. The highest BCUT2D eigenvalue weighted by Gasteiger charge is 2.75. The van der Waals surface area contributed by atoms with Gasteiger partial charge in [-0.3, -0.25) is 19.2 Å². The highest BCUT2D eigenvalue weighted by Crippen LogP contribution is 2.68. The van der Waals surface area contributed by atoms with Crippen LogP contribution in [-0.4, -0.2) is 37.8 Å². The van der Waals surface area contributed by atoms with Gasteiger partial charge in [0.2, 0.25) is 23.6 Å². The highest BCUT2D eigenvalue weighted by molar-refractivity contribution is 6.25. The number of para-hydroxylation sites is 4. The summed E-state index contributed by atoms with van der Waals surface area (Å²) in [6.45, 7) is 0. The number of imide groups is 2. The molecule has 8 nitrogen and oxygen atoms in total. The van der Waals surface area contributed by atoms with Gasteiger partial charge in [0.25, 0.3) is 0 Å². The molecule has 8 atom stereocenters. The quantitative estimate of drug-likeness (QED) is 0.489. The van der Waals surface area contributed by atoms with E-state index in [1.54, 1.807) is 48.5 Å². The molecule has 6 aliphatic rings. The van der Waals surface area contributed by atoms with Crippen LogP contribution in [0.4, 0.5) is 11.4 Å². The molecular formula is C28H24N2O6. The molecule has 4 aliphatic carbocycles. The topological polar surface area (TPSA) is 93.2 Å². The van der Waals surface area contributed by atoms with Crippen molar-refractivity contribution in [1.82, 2.24) is 0 Å². The Morgan fingerprint density at radius 3 is 1.31 bits per heavy atom. The van der Waals surface area contributed by atoms with E-state index < -0.39 is 23.7 Å². The van der Waals surface area contributed by atoms with Crippen LogP contribution in [0.3, 0.4) is 0 Å². The fraction of sp³-hybridized carbons (Fsp3) is 0.357. The van der Waals surface area contributed by atoms with E-state index >= 15 is 0 Å². The Balaban J connectivity index is 1.26. The van der Waals surface area contributed by atoms with Gasteiger partial charge in [-0.1, -0.05) is 36.4 Å². The van der Waals surface area contributed by atoms with Gasteiger partial charge < -0.3 is 9.47 Å². The van der Waals surface area contributed by atoms with Crippen molar-refractivity contribution in [3.63, 3.8) is 0 Å². The number of anilines is 2. The Kier molecular flexibility index (Phi) is 4.32. The lowest BCUT2D eigenvalue weighted by Crippen LogP contribution is -2.63. The Bertz CT molecular complexity index is 1330. The molecule has 0 aromatic heterocycles. The molecule has 36 heavy (non-hydrogen) atoms. The third-order valence-corrected chi connectivity index (χ3v) is 9.00. The van der Waals surface area contributed by atoms with Crippen LogP contribution in [0.5, 0.6) is 11.5 Å². The molecule has 2 aromatic rings. The molecular weight excluding hydrogens is 460 g/mol. The predicted molar refractivity (Wildman–Crippen MR) is 128 cm³/mol. The van der Waals surface area contributed by atoms with E-state index in [4.69, 9.17) is 9.47 Å². The Hall–Kier alpha value is -3.94. The first-order valence-electron chi connectivity index (χ1n) is 12.2. The molecule has 0 spiro atoms. The third-order valence-electron chi connectivity index (χ3n) is 9.00. The Morgan fingerprint density at radius 2 is 0.917 bits per heavy atom. The normalized spacial score (nSPS) is 35.5. The van der Waals surface area contributed by atoms with Crippen LogP contribution in [0.1, 0.15) is 0 Å². The van der Waals surface area contributed by atoms with E-state index in [9.17, 15) is 19.2 Å². The van der Waals surface area contributed by atoms with Gasteiger partial charge in [-0.25, -0.2) is 9.80 Å². The van der Waals surface area contributed by atoms with Crippen LogP contribution < -0.4 is 19.3 Å². The number of fused-ring (bicyclic) bond motifs is 1.